The zero-order valence-electron chi connectivity index (χ0n) is 25.7. The number of carbonyl (C=O) groups is 2. The number of hydrogen-bond acceptors (Lipinski definition) is 12. The molecule has 2 aliphatic rings. The Bertz CT molecular complexity index is 1580. The molecule has 0 saturated heterocycles. The number of hydrogen-bond donors (Lipinski definition) is 4. The predicted molar refractivity (Wildman–Crippen MR) is 163 cm³/mol. The Morgan fingerprint density at radius 3 is 1.11 bits per heavy atom. The fourth-order valence-corrected chi connectivity index (χ4v) is 5.74. The summed E-state index contributed by atoms with van der Waals surface area (Å²) in [6, 6.07) is 11.8. The molecule has 14 nitrogen and oxygen atoms in total. The molecular formula is C28H38N6O8S2. The molecular weight excluding hydrogens is 612 g/mol. The predicted octanol–water partition coefficient (Wildman–Crippen LogP) is 1.56. The quantitative estimate of drug-likeness (QED) is 0.304. The van der Waals surface area contributed by atoms with Gasteiger partial charge in [-0.1, -0.05) is 24.3 Å². The van der Waals surface area contributed by atoms with Gasteiger partial charge in [-0.3, -0.25) is 9.59 Å². The maximum absolute atomic E-state index is 12.4. The van der Waals surface area contributed by atoms with E-state index in [0.29, 0.717) is 22.6 Å². The summed E-state index contributed by atoms with van der Waals surface area (Å²) in [6.07, 6.45) is 2.25. The van der Waals surface area contributed by atoms with Crippen molar-refractivity contribution in [1.29, 1.82) is 0 Å². The van der Waals surface area contributed by atoms with Crippen LogP contribution >= 0.6 is 0 Å². The lowest BCUT2D eigenvalue weighted by atomic mass is 9.91. The molecule has 4 rings (SSSR count). The molecule has 2 atom stereocenters. The van der Waals surface area contributed by atoms with Gasteiger partial charge in [-0.2, -0.15) is 21.2 Å². The van der Waals surface area contributed by atoms with E-state index in [4.69, 9.17) is 0 Å². The summed E-state index contributed by atoms with van der Waals surface area (Å²) in [4.78, 5) is 25.2. The van der Waals surface area contributed by atoms with E-state index < -0.39 is 30.8 Å². The number of benzene rings is 2. The molecule has 2 amide bonds. The normalized spacial score (nSPS) is 22.4. The van der Waals surface area contributed by atoms with Gasteiger partial charge in [0, 0.05) is 23.6 Å². The maximum atomic E-state index is 12.4. The molecule has 2 heterocycles. The molecule has 0 fully saturated rings. The van der Waals surface area contributed by atoms with E-state index in [2.05, 4.69) is 10.2 Å². The number of hydrazone groups is 2. The number of carbonyl (C=O) groups excluding carboxylic acids is 2. The zero-order valence-corrected chi connectivity index (χ0v) is 27.4. The number of nitrogens with zero attached hydrogens (tertiary/aromatic N) is 4. The SMILES string of the molecule is CC(C)N1N=C(c2ccc(S(C)(=O)=O)cc2)C(C)(NO)C1=O.CC(C)N1N=C(c2ccc(S(C)(=O)=O)cc2)C(C)(NO)C1=O. The van der Waals surface area contributed by atoms with Crippen molar-refractivity contribution in [2.75, 3.05) is 12.5 Å². The van der Waals surface area contributed by atoms with Gasteiger partial charge in [-0.25, -0.2) is 26.9 Å². The first-order valence-electron chi connectivity index (χ1n) is 13.5. The van der Waals surface area contributed by atoms with E-state index in [0.717, 1.165) is 12.5 Å². The third-order valence-corrected chi connectivity index (χ3v) is 9.43. The van der Waals surface area contributed by atoms with Gasteiger partial charge in [0.05, 0.1) is 33.3 Å². The Balaban J connectivity index is 0.000000240. The highest BCUT2D eigenvalue weighted by atomic mass is 32.2. The first kappa shape index (κ1) is 34.9. The largest absolute Gasteiger partial charge is 0.315 e. The van der Waals surface area contributed by atoms with Crippen LogP contribution in [0.3, 0.4) is 0 Å². The topological polar surface area (TPSA) is 198 Å². The molecule has 0 aliphatic carbocycles. The Hall–Kier alpha value is -3.54. The fourth-order valence-electron chi connectivity index (χ4n) is 4.48. The summed E-state index contributed by atoms with van der Waals surface area (Å²) < 4.78 is 46.0. The van der Waals surface area contributed by atoms with Crippen molar-refractivity contribution in [3.63, 3.8) is 0 Å². The summed E-state index contributed by atoms with van der Waals surface area (Å²) in [5, 5.41) is 30.0. The fraction of sp³-hybridized carbons (Fsp3) is 0.429. The molecule has 0 aromatic heterocycles. The zero-order chi connectivity index (χ0) is 33.4. The molecule has 2 unspecified atom stereocenters. The highest BCUT2D eigenvalue weighted by Crippen LogP contribution is 2.28. The Kier molecular flexibility index (Phi) is 9.89. The monoisotopic (exact) mass is 650 g/mol. The highest BCUT2D eigenvalue weighted by Gasteiger charge is 2.49. The van der Waals surface area contributed by atoms with Crippen molar-refractivity contribution in [3.05, 3.63) is 59.7 Å². The van der Waals surface area contributed by atoms with Crippen LogP contribution in [0.2, 0.25) is 0 Å². The Morgan fingerprint density at radius 2 is 0.909 bits per heavy atom. The lowest BCUT2D eigenvalue weighted by Crippen LogP contribution is -2.55. The summed E-state index contributed by atoms with van der Waals surface area (Å²) in [7, 11) is -6.59. The van der Waals surface area contributed by atoms with E-state index in [1.54, 1.807) is 24.3 Å². The third-order valence-electron chi connectivity index (χ3n) is 7.17. The second-order valence-electron chi connectivity index (χ2n) is 11.5. The van der Waals surface area contributed by atoms with E-state index in [1.165, 1.54) is 48.1 Å². The minimum atomic E-state index is -3.29. The van der Waals surface area contributed by atoms with Crippen molar-refractivity contribution >= 4 is 42.9 Å². The minimum Gasteiger partial charge on any atom is -0.315 e. The third kappa shape index (κ3) is 6.60. The van der Waals surface area contributed by atoms with Crippen LogP contribution in [-0.2, 0) is 29.3 Å². The van der Waals surface area contributed by atoms with Gasteiger partial charge >= 0.3 is 0 Å². The standard InChI is InChI=1S/2C14H19N3O4S/c2*1-9(2)17-13(18)14(3,16-19)12(15-17)10-5-7-11(8-6-10)22(4,20)21/h2*5-9,16,19H,1-4H3. The van der Waals surface area contributed by atoms with Gasteiger partial charge in [-0.15, -0.1) is 0 Å². The number of hydroxylamine groups is 2. The highest BCUT2D eigenvalue weighted by molar-refractivity contribution is 7.91. The van der Waals surface area contributed by atoms with Crippen LogP contribution in [0.25, 0.3) is 0 Å². The van der Waals surface area contributed by atoms with Crippen LogP contribution in [-0.4, -0.2) is 96.2 Å². The molecule has 2 aromatic carbocycles. The lowest BCUT2D eigenvalue weighted by molar-refractivity contribution is -0.138. The first-order valence-corrected chi connectivity index (χ1v) is 17.3. The average Bonchev–Trinajstić information content (AvgIpc) is 3.38. The van der Waals surface area contributed by atoms with E-state index >= 15 is 0 Å². The Morgan fingerprint density at radius 1 is 0.636 bits per heavy atom. The minimum absolute atomic E-state index is 0.159. The van der Waals surface area contributed by atoms with E-state index in [-0.39, 0.29) is 33.7 Å². The maximum Gasteiger partial charge on any atom is 0.271 e. The van der Waals surface area contributed by atoms with Gasteiger partial charge in [0.25, 0.3) is 11.8 Å². The molecule has 2 aliphatic heterocycles. The van der Waals surface area contributed by atoms with Gasteiger partial charge in [0.1, 0.15) is 0 Å². The lowest BCUT2D eigenvalue weighted by Gasteiger charge is -2.24. The summed E-state index contributed by atoms with van der Waals surface area (Å²) >= 11 is 0. The van der Waals surface area contributed by atoms with Gasteiger partial charge in [0.15, 0.2) is 30.8 Å². The molecule has 240 valence electrons. The van der Waals surface area contributed by atoms with Crippen molar-refractivity contribution in [2.24, 2.45) is 10.2 Å². The molecule has 16 heteroatoms. The van der Waals surface area contributed by atoms with Crippen LogP contribution < -0.4 is 11.0 Å². The van der Waals surface area contributed by atoms with Gasteiger partial charge < -0.3 is 10.4 Å². The molecule has 0 bridgehead atoms. The van der Waals surface area contributed by atoms with Gasteiger partial charge in [0.2, 0.25) is 0 Å². The van der Waals surface area contributed by atoms with Crippen LogP contribution in [0.5, 0.6) is 0 Å². The molecule has 44 heavy (non-hydrogen) atoms. The van der Waals surface area contributed by atoms with Crippen molar-refractivity contribution < 1.29 is 36.8 Å². The Labute approximate surface area is 257 Å². The second kappa shape index (κ2) is 12.5. The molecule has 4 N–H and O–H groups in total. The van der Waals surface area contributed by atoms with E-state index in [1.807, 2.05) is 38.7 Å². The number of sulfone groups is 2. The van der Waals surface area contributed by atoms with Crippen LogP contribution in [0.15, 0.2) is 68.5 Å². The molecule has 0 radical (unpaired) electrons. The van der Waals surface area contributed by atoms with Crippen LogP contribution in [0, 0.1) is 0 Å². The van der Waals surface area contributed by atoms with Crippen molar-refractivity contribution in [3.8, 4) is 0 Å². The summed E-state index contributed by atoms with van der Waals surface area (Å²) in [5.74, 6) is -0.737. The number of rotatable bonds is 8. The smallest absolute Gasteiger partial charge is 0.271 e. The first-order chi connectivity index (χ1) is 20.2. The summed E-state index contributed by atoms with van der Waals surface area (Å²) in [6.45, 7) is 10.3. The van der Waals surface area contributed by atoms with E-state index in [9.17, 15) is 36.8 Å². The molecule has 2 aromatic rings. The van der Waals surface area contributed by atoms with Crippen molar-refractivity contribution in [2.45, 2.75) is 74.5 Å². The van der Waals surface area contributed by atoms with Crippen LogP contribution in [0.4, 0.5) is 0 Å². The summed E-state index contributed by atoms with van der Waals surface area (Å²) in [5.41, 5.74) is 3.14. The molecule has 0 saturated carbocycles. The second-order valence-corrected chi connectivity index (χ2v) is 15.5. The number of nitrogens with one attached hydrogen (secondary N) is 2. The average molecular weight is 651 g/mol. The number of amides is 2. The van der Waals surface area contributed by atoms with Crippen molar-refractivity contribution in [1.82, 2.24) is 21.0 Å². The van der Waals surface area contributed by atoms with Crippen LogP contribution in [0.1, 0.15) is 52.7 Å². The van der Waals surface area contributed by atoms with Gasteiger partial charge in [-0.05, 0) is 65.8 Å². The molecule has 0 spiro atoms.